The number of aromatic nitrogens is 2. The molecule has 1 saturated heterocycles. The Morgan fingerprint density at radius 2 is 1.48 bits per heavy atom. The lowest BCUT2D eigenvalue weighted by atomic mass is 9.87. The quantitative estimate of drug-likeness (QED) is 0.144. The van der Waals surface area contributed by atoms with Crippen molar-refractivity contribution < 1.29 is 18.3 Å². The van der Waals surface area contributed by atoms with Crippen molar-refractivity contribution in [2.24, 2.45) is 0 Å². The maximum atomic E-state index is 12.9. The number of alkyl halides is 3. The molecule has 10 heteroatoms. The van der Waals surface area contributed by atoms with Crippen molar-refractivity contribution >= 4 is 16.7 Å². The predicted octanol–water partition coefficient (Wildman–Crippen LogP) is 8.51. The summed E-state index contributed by atoms with van der Waals surface area (Å²) in [6.07, 6.45) is -3.33. The van der Waals surface area contributed by atoms with Crippen molar-refractivity contribution in [3.63, 3.8) is 0 Å². The van der Waals surface area contributed by atoms with Gasteiger partial charge in [-0.2, -0.15) is 13.2 Å². The van der Waals surface area contributed by atoms with Crippen LogP contribution in [0.5, 0.6) is 5.75 Å². The molecule has 0 bridgehead atoms. The van der Waals surface area contributed by atoms with E-state index in [1.165, 1.54) is 23.3 Å². The second-order valence-electron chi connectivity index (χ2n) is 14.2. The number of hydrogen-bond donors (Lipinski definition) is 2. The van der Waals surface area contributed by atoms with Gasteiger partial charge in [0.2, 0.25) is 0 Å². The van der Waals surface area contributed by atoms with Gasteiger partial charge in [-0.05, 0) is 89.5 Å². The number of aromatic hydroxyl groups is 1. The molecule has 0 saturated carbocycles. The molecule has 6 rings (SSSR count). The number of fused-ring (bicyclic) bond motifs is 1. The van der Waals surface area contributed by atoms with Crippen LogP contribution in [-0.4, -0.2) is 75.8 Å². The normalized spacial score (nSPS) is 14.6. The Balaban J connectivity index is 0.000000204. The zero-order chi connectivity index (χ0) is 37.4. The van der Waals surface area contributed by atoms with Crippen LogP contribution >= 0.6 is 0 Å². The maximum absolute atomic E-state index is 12.9. The first-order chi connectivity index (χ1) is 24.8. The lowest BCUT2D eigenvalue weighted by molar-refractivity contribution is -0.137. The number of phenolic OH excluding ortho intramolecular Hbond substituents is 1. The van der Waals surface area contributed by atoms with Crippen LogP contribution in [-0.2, 0) is 12.7 Å². The average Bonchev–Trinajstić information content (AvgIpc) is 3.45. The molecular formula is C42H52F3N5O2. The van der Waals surface area contributed by atoms with Crippen molar-refractivity contribution in [3.05, 3.63) is 130 Å². The molecule has 7 nitrogen and oxygen atoms in total. The first kappa shape index (κ1) is 38.7. The van der Waals surface area contributed by atoms with E-state index in [-0.39, 0.29) is 11.6 Å². The number of rotatable bonds is 11. The number of H-pyrrole nitrogens is 1. The van der Waals surface area contributed by atoms with E-state index in [0.29, 0.717) is 43.2 Å². The molecule has 0 amide bonds. The third-order valence-corrected chi connectivity index (χ3v) is 10.00. The summed E-state index contributed by atoms with van der Waals surface area (Å²) in [4.78, 5) is 21.7. The molecule has 0 unspecified atom stereocenters. The minimum Gasteiger partial charge on any atom is -0.508 e. The fourth-order valence-electron chi connectivity index (χ4n) is 7.21. The number of hydrogen-bond acceptors (Lipinski definition) is 5. The second kappa shape index (κ2) is 17.3. The van der Waals surface area contributed by atoms with Gasteiger partial charge in [0.1, 0.15) is 5.75 Å². The largest absolute Gasteiger partial charge is 0.508 e. The van der Waals surface area contributed by atoms with Crippen LogP contribution in [0.3, 0.4) is 0 Å². The van der Waals surface area contributed by atoms with Crippen LogP contribution in [0.2, 0.25) is 0 Å². The summed E-state index contributed by atoms with van der Waals surface area (Å²) in [7, 11) is 0. The number of aryl methyl sites for hydroxylation is 1. The number of nitrogens with zero attached hydrogens (tertiary/aromatic N) is 4. The van der Waals surface area contributed by atoms with Gasteiger partial charge in [-0.3, -0.25) is 14.4 Å². The van der Waals surface area contributed by atoms with E-state index in [2.05, 4.69) is 79.7 Å². The van der Waals surface area contributed by atoms with Crippen molar-refractivity contribution in [3.8, 4) is 5.75 Å². The number of nitrogens with one attached hydrogen (secondary N) is 1. The van der Waals surface area contributed by atoms with Crippen LogP contribution in [0.1, 0.15) is 62.3 Å². The van der Waals surface area contributed by atoms with Crippen LogP contribution in [0.4, 0.5) is 18.9 Å². The molecule has 1 aromatic heterocycles. The van der Waals surface area contributed by atoms with E-state index < -0.39 is 11.7 Å². The molecule has 0 radical (unpaired) electrons. The molecule has 5 aromatic rings. The first-order valence-corrected chi connectivity index (χ1v) is 18.2. The number of piperazine rings is 1. The van der Waals surface area contributed by atoms with Gasteiger partial charge in [0.05, 0.1) is 16.6 Å². The summed E-state index contributed by atoms with van der Waals surface area (Å²) in [6, 6.07) is 30.6. The summed E-state index contributed by atoms with van der Waals surface area (Å²) in [5.74, 6) is 0.612. The summed E-state index contributed by atoms with van der Waals surface area (Å²) in [6.45, 7) is 16.2. The standard InChI is InChI=1S/C22H31NO.C20H21F3N4O/c1-16(2)23(17(3)4)14-13-20(19-9-7-6-8-10-19)21-15-18(5)11-12-22(21)24;21-20(22,23)15-4-3-5-16(14-15)26-11-8-25(9-12-26)10-13-27-18-7-2-1-6-17(18)24-19(27)28/h6-12,15-17,20,24H,13-14H2,1-5H3;1-7,14H,8-13H2,(H,24,28)/t20-;/m1./s1. The van der Waals surface area contributed by atoms with Crippen molar-refractivity contribution in [2.75, 3.05) is 44.2 Å². The van der Waals surface area contributed by atoms with E-state index in [4.69, 9.17) is 0 Å². The summed E-state index contributed by atoms with van der Waals surface area (Å²) < 4.78 is 40.5. The van der Waals surface area contributed by atoms with Gasteiger partial charge < -0.3 is 15.0 Å². The van der Waals surface area contributed by atoms with E-state index in [0.717, 1.165) is 55.3 Å². The maximum Gasteiger partial charge on any atom is 0.416 e. The minimum atomic E-state index is -4.33. The van der Waals surface area contributed by atoms with Gasteiger partial charge in [-0.1, -0.05) is 66.2 Å². The molecule has 52 heavy (non-hydrogen) atoms. The highest BCUT2D eigenvalue weighted by Gasteiger charge is 2.31. The molecule has 2 N–H and O–H groups in total. The number of para-hydroxylation sites is 2. The fraction of sp³-hybridized carbons (Fsp3) is 0.405. The van der Waals surface area contributed by atoms with Crippen LogP contribution in [0, 0.1) is 6.92 Å². The zero-order valence-corrected chi connectivity index (χ0v) is 30.9. The van der Waals surface area contributed by atoms with Gasteiger partial charge in [0, 0.05) is 68.5 Å². The Morgan fingerprint density at radius 3 is 2.15 bits per heavy atom. The molecule has 1 aliphatic heterocycles. The Hall–Kier alpha value is -4.54. The van der Waals surface area contributed by atoms with Crippen LogP contribution < -0.4 is 10.6 Å². The smallest absolute Gasteiger partial charge is 0.416 e. The zero-order valence-electron chi connectivity index (χ0n) is 30.9. The van der Waals surface area contributed by atoms with Gasteiger partial charge in [0.15, 0.2) is 0 Å². The first-order valence-electron chi connectivity index (χ1n) is 18.2. The summed E-state index contributed by atoms with van der Waals surface area (Å²) in [5.41, 5.74) is 5.06. The monoisotopic (exact) mass is 715 g/mol. The number of anilines is 1. The molecule has 1 fully saturated rings. The molecule has 278 valence electrons. The molecule has 0 aliphatic carbocycles. The lowest BCUT2D eigenvalue weighted by Crippen LogP contribution is -2.47. The Labute approximate surface area is 305 Å². The Kier molecular flexibility index (Phi) is 12.9. The van der Waals surface area contributed by atoms with Gasteiger partial charge in [-0.15, -0.1) is 0 Å². The third-order valence-electron chi connectivity index (χ3n) is 10.00. The Morgan fingerprint density at radius 1 is 0.808 bits per heavy atom. The fourth-order valence-corrected chi connectivity index (χ4v) is 7.21. The highest BCUT2D eigenvalue weighted by Crippen LogP contribution is 2.35. The lowest BCUT2D eigenvalue weighted by Gasteiger charge is -2.36. The molecular weight excluding hydrogens is 663 g/mol. The van der Waals surface area contributed by atoms with Crippen molar-refractivity contribution in [1.82, 2.24) is 19.4 Å². The van der Waals surface area contributed by atoms with Crippen LogP contribution in [0.25, 0.3) is 11.0 Å². The van der Waals surface area contributed by atoms with Gasteiger partial charge in [-0.25, -0.2) is 4.79 Å². The SMILES string of the molecule is Cc1ccc(O)c([C@H](CCN(C(C)C)C(C)C)c2ccccc2)c1.O=c1[nH]c2ccccc2n1CCN1CCN(c2cccc(C(F)(F)F)c2)CC1. The van der Waals surface area contributed by atoms with E-state index in [9.17, 15) is 23.1 Å². The van der Waals surface area contributed by atoms with Crippen LogP contribution in [0.15, 0.2) is 102 Å². The molecule has 1 aliphatic rings. The van der Waals surface area contributed by atoms with Crippen molar-refractivity contribution in [2.45, 2.75) is 71.8 Å². The highest BCUT2D eigenvalue weighted by molar-refractivity contribution is 5.74. The molecule has 0 spiro atoms. The van der Waals surface area contributed by atoms with E-state index in [1.807, 2.05) is 47.4 Å². The number of halogens is 3. The third kappa shape index (κ3) is 9.86. The Bertz CT molecular complexity index is 1920. The highest BCUT2D eigenvalue weighted by atomic mass is 19.4. The van der Waals surface area contributed by atoms with E-state index in [1.54, 1.807) is 10.6 Å². The molecule has 1 atom stereocenters. The minimum absolute atomic E-state index is 0.121. The topological polar surface area (TPSA) is 67.7 Å². The van der Waals surface area contributed by atoms with Crippen molar-refractivity contribution in [1.29, 1.82) is 0 Å². The number of imidazole rings is 1. The second-order valence-corrected chi connectivity index (χ2v) is 14.2. The number of benzene rings is 4. The number of aromatic amines is 1. The molecule has 2 heterocycles. The predicted molar refractivity (Wildman–Crippen MR) is 205 cm³/mol. The van der Waals surface area contributed by atoms with Gasteiger partial charge >= 0.3 is 11.9 Å². The molecule has 4 aromatic carbocycles. The van der Waals surface area contributed by atoms with E-state index >= 15 is 0 Å². The summed E-state index contributed by atoms with van der Waals surface area (Å²) >= 11 is 0. The van der Waals surface area contributed by atoms with Gasteiger partial charge in [0.25, 0.3) is 0 Å². The average molecular weight is 716 g/mol. The summed E-state index contributed by atoms with van der Waals surface area (Å²) in [5, 5.41) is 10.4. The number of phenols is 1.